The van der Waals surface area contributed by atoms with Gasteiger partial charge in [0, 0.05) is 33.0 Å². The van der Waals surface area contributed by atoms with Gasteiger partial charge in [-0.15, -0.1) is 0 Å². The number of pyridine rings is 1. The number of anilines is 3. The van der Waals surface area contributed by atoms with Gasteiger partial charge in [0.2, 0.25) is 11.6 Å². The number of nitro groups is 1. The van der Waals surface area contributed by atoms with Gasteiger partial charge in [0.15, 0.2) is 0 Å². The predicted molar refractivity (Wildman–Crippen MR) is 96.9 cm³/mol. The zero-order valence-corrected chi connectivity index (χ0v) is 15.0. The molecular weight excluding hydrogens is 340 g/mol. The molecule has 0 spiro atoms. The van der Waals surface area contributed by atoms with Gasteiger partial charge in [-0.05, 0) is 19.1 Å². The molecule has 0 saturated heterocycles. The maximum atomic E-state index is 11.7. The lowest BCUT2D eigenvalue weighted by molar-refractivity contribution is -0.383. The van der Waals surface area contributed by atoms with Gasteiger partial charge in [0.25, 0.3) is 0 Å². The highest BCUT2D eigenvalue weighted by Crippen LogP contribution is 2.33. The quantitative estimate of drug-likeness (QED) is 0.500. The van der Waals surface area contributed by atoms with E-state index in [4.69, 9.17) is 9.47 Å². The number of ether oxygens (including phenoxy) is 2. The van der Waals surface area contributed by atoms with E-state index in [9.17, 15) is 10.1 Å². The molecule has 0 atom stereocenters. The molecule has 0 fully saturated rings. The largest absolute Gasteiger partial charge is 0.383 e. The smallest absolute Gasteiger partial charge is 0.353 e. The molecular formula is C16H22N6O4. The average molecular weight is 362 g/mol. The minimum Gasteiger partial charge on any atom is -0.383 e. The summed E-state index contributed by atoms with van der Waals surface area (Å²) in [5.74, 6) is 0.755. The molecule has 2 heterocycles. The molecule has 0 bridgehead atoms. The first-order valence-electron chi connectivity index (χ1n) is 7.99. The molecule has 0 aromatic carbocycles. The van der Waals surface area contributed by atoms with Crippen LogP contribution in [0.4, 0.5) is 23.1 Å². The van der Waals surface area contributed by atoms with Crippen LogP contribution in [0, 0.1) is 17.0 Å². The van der Waals surface area contributed by atoms with Crippen molar-refractivity contribution in [2.45, 2.75) is 6.92 Å². The highest BCUT2D eigenvalue weighted by atomic mass is 16.6. The summed E-state index contributed by atoms with van der Waals surface area (Å²) in [6, 6.07) is 5.36. The SMILES string of the molecule is COCCN(CCOC)c1ncnc(Nc2cccc(C)n2)c1[N+](=O)[O-]. The number of hydrogen-bond acceptors (Lipinski definition) is 9. The first-order valence-corrected chi connectivity index (χ1v) is 7.99. The zero-order chi connectivity index (χ0) is 18.9. The Balaban J connectivity index is 2.40. The van der Waals surface area contributed by atoms with Crippen LogP contribution in [0.25, 0.3) is 0 Å². The fourth-order valence-corrected chi connectivity index (χ4v) is 2.32. The maximum Gasteiger partial charge on any atom is 0.353 e. The number of aromatic nitrogens is 3. The van der Waals surface area contributed by atoms with Crippen LogP contribution in [0.2, 0.25) is 0 Å². The summed E-state index contributed by atoms with van der Waals surface area (Å²) < 4.78 is 10.2. The maximum absolute atomic E-state index is 11.7. The van der Waals surface area contributed by atoms with Gasteiger partial charge < -0.3 is 19.7 Å². The molecule has 2 rings (SSSR count). The molecule has 140 valence electrons. The van der Waals surface area contributed by atoms with E-state index >= 15 is 0 Å². The molecule has 0 unspecified atom stereocenters. The molecule has 10 heteroatoms. The highest BCUT2D eigenvalue weighted by molar-refractivity contribution is 5.73. The second-order valence-corrected chi connectivity index (χ2v) is 5.41. The third-order valence-corrected chi connectivity index (χ3v) is 3.55. The Morgan fingerprint density at radius 1 is 1.19 bits per heavy atom. The van der Waals surface area contributed by atoms with E-state index in [0.717, 1.165) is 5.69 Å². The van der Waals surface area contributed by atoms with Crippen LogP contribution in [0.5, 0.6) is 0 Å². The lowest BCUT2D eigenvalue weighted by Gasteiger charge is -2.23. The van der Waals surface area contributed by atoms with Crippen LogP contribution in [-0.2, 0) is 9.47 Å². The molecule has 0 aliphatic carbocycles. The number of aryl methyl sites for hydroxylation is 1. The Morgan fingerprint density at radius 2 is 1.88 bits per heavy atom. The normalized spacial score (nSPS) is 10.6. The van der Waals surface area contributed by atoms with Crippen molar-refractivity contribution in [1.29, 1.82) is 0 Å². The number of methoxy groups -OCH3 is 2. The van der Waals surface area contributed by atoms with Crippen molar-refractivity contribution < 1.29 is 14.4 Å². The van der Waals surface area contributed by atoms with Crippen molar-refractivity contribution in [3.05, 3.63) is 40.3 Å². The molecule has 0 aliphatic heterocycles. The zero-order valence-electron chi connectivity index (χ0n) is 15.0. The minimum atomic E-state index is -0.500. The summed E-state index contributed by atoms with van der Waals surface area (Å²) in [6.07, 6.45) is 1.28. The number of nitrogens with one attached hydrogen (secondary N) is 1. The number of rotatable bonds is 10. The van der Waals surface area contributed by atoms with Gasteiger partial charge in [0.05, 0.1) is 18.1 Å². The third kappa shape index (κ3) is 5.07. The van der Waals surface area contributed by atoms with Crippen LogP contribution in [0.3, 0.4) is 0 Å². The molecule has 10 nitrogen and oxygen atoms in total. The van der Waals surface area contributed by atoms with E-state index < -0.39 is 4.92 Å². The summed E-state index contributed by atoms with van der Waals surface area (Å²) in [6.45, 7) is 3.49. The second-order valence-electron chi connectivity index (χ2n) is 5.41. The van der Waals surface area contributed by atoms with Gasteiger partial charge in [-0.1, -0.05) is 6.07 Å². The third-order valence-electron chi connectivity index (χ3n) is 3.55. The first kappa shape index (κ1) is 19.5. The topological polar surface area (TPSA) is 116 Å². The Morgan fingerprint density at radius 3 is 2.46 bits per heavy atom. The van der Waals surface area contributed by atoms with Crippen LogP contribution in [0.1, 0.15) is 5.69 Å². The Hall–Kier alpha value is -2.85. The summed E-state index contributed by atoms with van der Waals surface area (Å²) in [5, 5.41) is 14.6. The van der Waals surface area contributed by atoms with Gasteiger partial charge in [0.1, 0.15) is 12.1 Å². The Bertz CT molecular complexity index is 734. The lowest BCUT2D eigenvalue weighted by Crippen LogP contribution is -2.32. The van der Waals surface area contributed by atoms with Gasteiger partial charge in [-0.25, -0.2) is 15.0 Å². The van der Waals surface area contributed by atoms with Crippen molar-refractivity contribution in [1.82, 2.24) is 15.0 Å². The summed E-state index contributed by atoms with van der Waals surface area (Å²) in [5.41, 5.74) is 0.566. The fraction of sp³-hybridized carbons (Fsp3) is 0.438. The fourth-order valence-electron chi connectivity index (χ4n) is 2.32. The van der Waals surface area contributed by atoms with E-state index in [-0.39, 0.29) is 17.3 Å². The van der Waals surface area contributed by atoms with Crippen LogP contribution in [-0.4, -0.2) is 60.4 Å². The monoisotopic (exact) mass is 362 g/mol. The Labute approximate surface area is 151 Å². The molecule has 2 aromatic heterocycles. The highest BCUT2D eigenvalue weighted by Gasteiger charge is 2.27. The molecule has 0 amide bonds. The predicted octanol–water partition coefficient (Wildman–Crippen LogP) is 1.93. The van der Waals surface area contributed by atoms with Crippen molar-refractivity contribution in [3.63, 3.8) is 0 Å². The van der Waals surface area contributed by atoms with E-state index in [1.54, 1.807) is 25.2 Å². The Kier molecular flexibility index (Phi) is 7.18. The molecule has 0 radical (unpaired) electrons. The van der Waals surface area contributed by atoms with E-state index in [1.165, 1.54) is 6.33 Å². The van der Waals surface area contributed by atoms with E-state index in [1.807, 2.05) is 19.1 Å². The molecule has 1 N–H and O–H groups in total. The first-order chi connectivity index (χ1) is 12.6. The average Bonchev–Trinajstić information content (AvgIpc) is 2.61. The van der Waals surface area contributed by atoms with Crippen molar-refractivity contribution in [2.24, 2.45) is 0 Å². The van der Waals surface area contributed by atoms with Crippen LogP contribution >= 0.6 is 0 Å². The number of nitrogens with zero attached hydrogens (tertiary/aromatic N) is 5. The lowest BCUT2D eigenvalue weighted by atomic mass is 10.3. The minimum absolute atomic E-state index is 0.0814. The summed E-state index contributed by atoms with van der Waals surface area (Å²) in [7, 11) is 3.14. The summed E-state index contributed by atoms with van der Waals surface area (Å²) >= 11 is 0. The molecule has 26 heavy (non-hydrogen) atoms. The number of hydrogen-bond donors (Lipinski definition) is 1. The van der Waals surface area contributed by atoms with Gasteiger partial charge in [-0.3, -0.25) is 10.1 Å². The van der Waals surface area contributed by atoms with E-state index in [0.29, 0.717) is 32.1 Å². The van der Waals surface area contributed by atoms with Crippen molar-refractivity contribution in [2.75, 3.05) is 50.7 Å². The van der Waals surface area contributed by atoms with Gasteiger partial charge >= 0.3 is 5.69 Å². The van der Waals surface area contributed by atoms with E-state index in [2.05, 4.69) is 20.3 Å². The van der Waals surface area contributed by atoms with Gasteiger partial charge in [-0.2, -0.15) is 0 Å². The summed E-state index contributed by atoms with van der Waals surface area (Å²) in [4.78, 5) is 25.4. The van der Waals surface area contributed by atoms with Crippen molar-refractivity contribution >= 4 is 23.1 Å². The van der Waals surface area contributed by atoms with Crippen LogP contribution in [0.15, 0.2) is 24.5 Å². The molecule has 0 aliphatic rings. The second kappa shape index (κ2) is 9.59. The van der Waals surface area contributed by atoms with Crippen molar-refractivity contribution in [3.8, 4) is 0 Å². The van der Waals surface area contributed by atoms with Crippen LogP contribution < -0.4 is 10.2 Å². The molecule has 0 saturated carbocycles. The molecule has 2 aromatic rings. The standard InChI is InChI=1S/C16H22N6O4/c1-12-5-4-6-13(19-12)20-15-14(22(23)24)16(18-11-17-15)21(7-9-25-2)8-10-26-3/h4-6,11H,7-10H2,1-3H3,(H,17,18,19,20).